The molecule has 17 heavy (non-hydrogen) atoms. The highest BCUT2D eigenvalue weighted by Crippen LogP contribution is 2.29. The number of hydrogen-bond acceptors (Lipinski definition) is 3. The Hall–Kier alpha value is -2.07. The Morgan fingerprint density at radius 1 is 1.18 bits per heavy atom. The van der Waals surface area contributed by atoms with Gasteiger partial charge in [0.15, 0.2) is 5.15 Å². The van der Waals surface area contributed by atoms with Crippen molar-refractivity contribution in [3.8, 4) is 11.1 Å². The van der Waals surface area contributed by atoms with E-state index in [4.69, 9.17) is 23.1 Å². The number of nitrogens with two attached hydrogens (primary N) is 2. The van der Waals surface area contributed by atoms with E-state index in [-0.39, 0.29) is 5.15 Å². The topological polar surface area (TPSA) is 82.0 Å². The van der Waals surface area contributed by atoms with Gasteiger partial charge in [0, 0.05) is 17.3 Å². The van der Waals surface area contributed by atoms with Crippen molar-refractivity contribution in [1.82, 2.24) is 4.98 Å². The fraction of sp³-hybridized carbons (Fsp3) is 0. The second-order valence-electron chi connectivity index (χ2n) is 3.50. The van der Waals surface area contributed by atoms with Gasteiger partial charge in [0.05, 0.1) is 5.69 Å². The number of nitrogen functional groups attached to an aromatic ring is 1. The SMILES string of the molecule is NC(=O)c1ccc(-c2ccnc(Cl)c2N)cc1. The molecule has 0 aliphatic heterocycles. The first kappa shape index (κ1) is 11.4. The number of nitrogens with zero attached hydrogens (tertiary/aromatic N) is 1. The van der Waals surface area contributed by atoms with Crippen molar-refractivity contribution in [2.45, 2.75) is 0 Å². The second kappa shape index (κ2) is 4.43. The molecule has 0 atom stereocenters. The van der Waals surface area contributed by atoms with Gasteiger partial charge in [-0.2, -0.15) is 0 Å². The van der Waals surface area contributed by atoms with Gasteiger partial charge in [-0.25, -0.2) is 4.98 Å². The predicted octanol–water partition coefficient (Wildman–Crippen LogP) is 2.08. The maximum Gasteiger partial charge on any atom is 0.248 e. The molecular formula is C12H10ClN3O. The van der Waals surface area contributed by atoms with Gasteiger partial charge >= 0.3 is 0 Å². The lowest BCUT2D eigenvalue weighted by atomic mass is 10.0. The first-order valence-corrected chi connectivity index (χ1v) is 5.27. The van der Waals surface area contributed by atoms with E-state index in [9.17, 15) is 4.79 Å². The number of rotatable bonds is 2. The van der Waals surface area contributed by atoms with Crippen molar-refractivity contribution >= 4 is 23.2 Å². The molecule has 5 heteroatoms. The molecule has 0 aliphatic rings. The third kappa shape index (κ3) is 2.21. The van der Waals surface area contributed by atoms with Crippen LogP contribution in [0.5, 0.6) is 0 Å². The van der Waals surface area contributed by atoms with Gasteiger partial charge in [0.25, 0.3) is 0 Å². The van der Waals surface area contributed by atoms with E-state index in [1.54, 1.807) is 36.5 Å². The molecular weight excluding hydrogens is 238 g/mol. The van der Waals surface area contributed by atoms with Crippen LogP contribution in [0.1, 0.15) is 10.4 Å². The van der Waals surface area contributed by atoms with Gasteiger partial charge in [-0.05, 0) is 23.8 Å². The summed E-state index contributed by atoms with van der Waals surface area (Å²) >= 11 is 5.84. The first-order valence-electron chi connectivity index (χ1n) is 4.90. The highest BCUT2D eigenvalue weighted by molar-refractivity contribution is 6.32. The molecule has 0 saturated carbocycles. The summed E-state index contributed by atoms with van der Waals surface area (Å²) < 4.78 is 0. The normalized spacial score (nSPS) is 10.2. The van der Waals surface area contributed by atoms with Crippen LogP contribution in [0.4, 0.5) is 5.69 Å². The standard InChI is InChI=1S/C12H10ClN3O/c13-11-10(14)9(5-6-16-11)7-1-3-8(4-2-7)12(15)17/h1-6H,14H2,(H2,15,17). The molecule has 1 aromatic heterocycles. The minimum Gasteiger partial charge on any atom is -0.396 e. The summed E-state index contributed by atoms with van der Waals surface area (Å²) in [7, 11) is 0. The molecule has 4 N–H and O–H groups in total. The number of amides is 1. The zero-order valence-corrected chi connectivity index (χ0v) is 9.61. The molecule has 1 aromatic carbocycles. The fourth-order valence-corrected chi connectivity index (χ4v) is 1.67. The Morgan fingerprint density at radius 2 is 1.82 bits per heavy atom. The van der Waals surface area contributed by atoms with Crippen LogP contribution in [0, 0.1) is 0 Å². The van der Waals surface area contributed by atoms with Crippen LogP contribution < -0.4 is 11.5 Å². The number of anilines is 1. The van der Waals surface area contributed by atoms with Gasteiger partial charge in [0.2, 0.25) is 5.91 Å². The average molecular weight is 248 g/mol. The number of aromatic nitrogens is 1. The highest BCUT2D eigenvalue weighted by atomic mass is 35.5. The number of pyridine rings is 1. The van der Waals surface area contributed by atoms with Crippen LogP contribution >= 0.6 is 11.6 Å². The van der Waals surface area contributed by atoms with Crippen molar-refractivity contribution in [2.75, 3.05) is 5.73 Å². The lowest BCUT2D eigenvalue weighted by Crippen LogP contribution is -2.10. The van der Waals surface area contributed by atoms with Gasteiger partial charge in [-0.1, -0.05) is 23.7 Å². The second-order valence-corrected chi connectivity index (χ2v) is 3.86. The van der Waals surface area contributed by atoms with Gasteiger partial charge in [0.1, 0.15) is 0 Å². The largest absolute Gasteiger partial charge is 0.396 e. The van der Waals surface area contributed by atoms with E-state index in [0.717, 1.165) is 11.1 Å². The minimum absolute atomic E-state index is 0.265. The average Bonchev–Trinajstić information content (AvgIpc) is 2.33. The molecule has 0 fully saturated rings. The summed E-state index contributed by atoms with van der Waals surface area (Å²) in [5.41, 5.74) is 13.5. The number of benzene rings is 1. The highest BCUT2D eigenvalue weighted by Gasteiger charge is 2.07. The van der Waals surface area contributed by atoms with Gasteiger partial charge in [-0.3, -0.25) is 4.79 Å². The first-order chi connectivity index (χ1) is 8.09. The van der Waals surface area contributed by atoms with E-state index in [1.807, 2.05) is 0 Å². The van der Waals surface area contributed by atoms with E-state index in [0.29, 0.717) is 11.3 Å². The Labute approximate surface area is 103 Å². The van der Waals surface area contributed by atoms with Crippen molar-refractivity contribution in [3.05, 3.63) is 47.2 Å². The number of halogens is 1. The van der Waals surface area contributed by atoms with Crippen molar-refractivity contribution in [2.24, 2.45) is 5.73 Å². The van der Waals surface area contributed by atoms with Crippen LogP contribution in [0.25, 0.3) is 11.1 Å². The molecule has 2 aromatic rings. The number of primary amides is 1. The number of carbonyl (C=O) groups excluding carboxylic acids is 1. The minimum atomic E-state index is -0.461. The zero-order chi connectivity index (χ0) is 12.4. The van der Waals surface area contributed by atoms with Crippen LogP contribution in [0.15, 0.2) is 36.5 Å². The van der Waals surface area contributed by atoms with Crippen LogP contribution in [0.3, 0.4) is 0 Å². The molecule has 0 aliphatic carbocycles. The monoisotopic (exact) mass is 247 g/mol. The maximum absolute atomic E-state index is 10.9. The molecule has 0 saturated heterocycles. The van der Waals surface area contributed by atoms with E-state index < -0.39 is 5.91 Å². The van der Waals surface area contributed by atoms with E-state index in [2.05, 4.69) is 4.98 Å². The summed E-state index contributed by atoms with van der Waals surface area (Å²) in [6.45, 7) is 0. The third-order valence-corrected chi connectivity index (χ3v) is 2.72. The Morgan fingerprint density at radius 3 is 2.41 bits per heavy atom. The van der Waals surface area contributed by atoms with Crippen LogP contribution in [-0.4, -0.2) is 10.9 Å². The lowest BCUT2D eigenvalue weighted by molar-refractivity contribution is 0.100. The fourth-order valence-electron chi connectivity index (χ4n) is 1.51. The van der Waals surface area contributed by atoms with E-state index in [1.165, 1.54) is 0 Å². The van der Waals surface area contributed by atoms with Crippen molar-refractivity contribution in [1.29, 1.82) is 0 Å². The smallest absolute Gasteiger partial charge is 0.248 e. The molecule has 0 unspecified atom stereocenters. The maximum atomic E-state index is 10.9. The molecule has 0 radical (unpaired) electrons. The lowest BCUT2D eigenvalue weighted by Gasteiger charge is -2.06. The molecule has 4 nitrogen and oxygen atoms in total. The molecule has 1 amide bonds. The summed E-state index contributed by atoms with van der Waals surface area (Å²) in [5, 5.41) is 0.265. The third-order valence-electron chi connectivity index (χ3n) is 2.42. The van der Waals surface area contributed by atoms with Crippen molar-refractivity contribution in [3.63, 3.8) is 0 Å². The Balaban J connectivity index is 2.47. The summed E-state index contributed by atoms with van der Waals surface area (Å²) in [5.74, 6) is -0.461. The summed E-state index contributed by atoms with van der Waals surface area (Å²) in [4.78, 5) is 14.8. The summed E-state index contributed by atoms with van der Waals surface area (Å²) in [6, 6.07) is 8.58. The predicted molar refractivity (Wildman–Crippen MR) is 67.6 cm³/mol. The molecule has 0 bridgehead atoms. The molecule has 2 rings (SSSR count). The van der Waals surface area contributed by atoms with Gasteiger partial charge < -0.3 is 11.5 Å². The summed E-state index contributed by atoms with van der Waals surface area (Å²) in [6.07, 6.45) is 1.58. The van der Waals surface area contributed by atoms with Crippen LogP contribution in [0.2, 0.25) is 5.15 Å². The Kier molecular flexibility index (Phi) is 2.97. The quantitative estimate of drug-likeness (QED) is 0.797. The van der Waals surface area contributed by atoms with Crippen LogP contribution in [-0.2, 0) is 0 Å². The number of carbonyl (C=O) groups is 1. The number of hydrogen-bond donors (Lipinski definition) is 2. The van der Waals surface area contributed by atoms with Gasteiger partial charge in [-0.15, -0.1) is 0 Å². The van der Waals surface area contributed by atoms with Crippen molar-refractivity contribution < 1.29 is 4.79 Å². The zero-order valence-electron chi connectivity index (χ0n) is 8.85. The molecule has 86 valence electrons. The Bertz CT molecular complexity index is 566. The molecule has 1 heterocycles. The van der Waals surface area contributed by atoms with E-state index >= 15 is 0 Å². The molecule has 0 spiro atoms.